The topological polar surface area (TPSA) is 49.4 Å². The quantitative estimate of drug-likeness (QED) is 0.609. The number of halogens is 1. The summed E-state index contributed by atoms with van der Waals surface area (Å²) in [6.45, 7) is 0.927. The Bertz CT molecular complexity index is 1160. The molecular weight excluding hydrogens is 415 g/mol. The second-order valence-electron chi connectivity index (χ2n) is 9.11. The van der Waals surface area contributed by atoms with Crippen molar-refractivity contribution in [3.8, 4) is 11.1 Å². The lowest BCUT2D eigenvalue weighted by atomic mass is 9.79. The maximum absolute atomic E-state index is 13.8. The van der Waals surface area contributed by atoms with Crippen LogP contribution < -0.4 is 5.32 Å². The molecule has 2 amide bonds. The van der Waals surface area contributed by atoms with Gasteiger partial charge in [0.2, 0.25) is 5.91 Å². The first kappa shape index (κ1) is 21.4. The van der Waals surface area contributed by atoms with Crippen molar-refractivity contribution in [2.45, 2.75) is 37.1 Å². The molecule has 2 saturated heterocycles. The van der Waals surface area contributed by atoms with E-state index in [-0.39, 0.29) is 23.5 Å². The van der Waals surface area contributed by atoms with E-state index in [4.69, 9.17) is 0 Å². The summed E-state index contributed by atoms with van der Waals surface area (Å²) in [6, 6.07) is 24.0. The van der Waals surface area contributed by atoms with Crippen molar-refractivity contribution >= 4 is 11.8 Å². The third-order valence-electron chi connectivity index (χ3n) is 7.01. The third kappa shape index (κ3) is 4.15. The molecule has 1 spiro atoms. The Kier molecular flexibility index (Phi) is 5.71. The van der Waals surface area contributed by atoms with E-state index in [0.717, 1.165) is 36.0 Å². The van der Waals surface area contributed by atoms with Gasteiger partial charge in [0.1, 0.15) is 5.82 Å². The fourth-order valence-electron chi connectivity index (χ4n) is 5.40. The Morgan fingerprint density at radius 2 is 1.67 bits per heavy atom. The highest BCUT2D eigenvalue weighted by molar-refractivity contribution is 6.01. The van der Waals surface area contributed by atoms with Crippen molar-refractivity contribution in [1.29, 1.82) is 0 Å². The number of benzene rings is 3. The van der Waals surface area contributed by atoms with Gasteiger partial charge in [-0.25, -0.2) is 4.39 Å². The standard InChI is InChI=1S/C28H27FN2O2/c29-22-15-13-21(14-16-22)25-18-31(19-28(25)17-7-6-12-26(32)30-28)27(33)24-11-5-4-10-23(24)20-8-2-1-3-9-20/h1-5,8-11,13-16,25H,6-7,12,17-19H2,(H,30,32)/t25-,28+/m0/s1. The normalized spacial score (nSPS) is 22.8. The van der Waals surface area contributed by atoms with Gasteiger partial charge in [0, 0.05) is 31.0 Å². The first-order valence-corrected chi connectivity index (χ1v) is 11.6. The van der Waals surface area contributed by atoms with Crippen LogP contribution in [0.1, 0.15) is 47.5 Å². The van der Waals surface area contributed by atoms with Crippen molar-refractivity contribution in [2.24, 2.45) is 0 Å². The molecule has 4 nitrogen and oxygen atoms in total. The molecule has 3 aromatic rings. The van der Waals surface area contributed by atoms with Crippen LogP contribution in [0, 0.1) is 5.82 Å². The SMILES string of the molecule is O=C1CCCC[C@]2(CN(C(=O)c3ccccc3-c3ccccc3)C[C@H]2c2ccc(F)cc2)N1. The van der Waals surface area contributed by atoms with Crippen molar-refractivity contribution in [3.63, 3.8) is 0 Å². The molecule has 0 bridgehead atoms. The minimum Gasteiger partial charge on any atom is -0.348 e. The van der Waals surface area contributed by atoms with E-state index < -0.39 is 5.54 Å². The smallest absolute Gasteiger partial charge is 0.254 e. The third-order valence-corrected chi connectivity index (χ3v) is 7.01. The fraction of sp³-hybridized carbons (Fsp3) is 0.286. The lowest BCUT2D eigenvalue weighted by Gasteiger charge is -2.34. The molecule has 2 atom stereocenters. The van der Waals surface area contributed by atoms with Gasteiger partial charge in [-0.15, -0.1) is 0 Å². The molecule has 2 heterocycles. The second-order valence-corrected chi connectivity index (χ2v) is 9.11. The first-order valence-electron chi connectivity index (χ1n) is 11.6. The number of rotatable bonds is 3. The molecule has 2 aliphatic rings. The van der Waals surface area contributed by atoms with Gasteiger partial charge in [0.05, 0.1) is 5.54 Å². The summed E-state index contributed by atoms with van der Waals surface area (Å²) in [4.78, 5) is 28.3. The van der Waals surface area contributed by atoms with Gasteiger partial charge >= 0.3 is 0 Å². The second kappa shape index (κ2) is 8.81. The van der Waals surface area contributed by atoms with Gasteiger partial charge in [-0.1, -0.05) is 67.1 Å². The molecule has 0 aromatic heterocycles. The van der Waals surface area contributed by atoms with E-state index in [1.165, 1.54) is 12.1 Å². The molecule has 0 radical (unpaired) electrons. The zero-order valence-electron chi connectivity index (χ0n) is 18.5. The molecule has 1 N–H and O–H groups in total. The molecule has 0 unspecified atom stereocenters. The van der Waals surface area contributed by atoms with Gasteiger partial charge < -0.3 is 10.2 Å². The Balaban J connectivity index is 1.52. The molecule has 5 rings (SSSR count). The minimum absolute atomic E-state index is 0.0265. The van der Waals surface area contributed by atoms with Gasteiger partial charge in [0.15, 0.2) is 0 Å². The predicted molar refractivity (Wildman–Crippen MR) is 126 cm³/mol. The average Bonchev–Trinajstić information content (AvgIpc) is 3.10. The predicted octanol–water partition coefficient (Wildman–Crippen LogP) is 5.16. The highest BCUT2D eigenvalue weighted by Crippen LogP contribution is 2.42. The van der Waals surface area contributed by atoms with Crippen molar-refractivity contribution in [1.82, 2.24) is 10.2 Å². The van der Waals surface area contributed by atoms with Crippen LogP contribution >= 0.6 is 0 Å². The van der Waals surface area contributed by atoms with Crippen LogP contribution in [0.4, 0.5) is 4.39 Å². The van der Waals surface area contributed by atoms with Gasteiger partial charge in [-0.2, -0.15) is 0 Å². The highest BCUT2D eigenvalue weighted by atomic mass is 19.1. The number of nitrogens with zero attached hydrogens (tertiary/aromatic N) is 1. The van der Waals surface area contributed by atoms with Crippen LogP contribution in [-0.2, 0) is 4.79 Å². The van der Waals surface area contributed by atoms with Gasteiger partial charge in [0.25, 0.3) is 5.91 Å². The Hall–Kier alpha value is -3.47. The van der Waals surface area contributed by atoms with Crippen molar-refractivity contribution < 1.29 is 14.0 Å². The summed E-state index contributed by atoms with van der Waals surface area (Å²) < 4.78 is 13.6. The Morgan fingerprint density at radius 1 is 0.939 bits per heavy atom. The Morgan fingerprint density at radius 3 is 2.45 bits per heavy atom. The summed E-state index contributed by atoms with van der Waals surface area (Å²) >= 11 is 0. The fourth-order valence-corrected chi connectivity index (χ4v) is 5.40. The number of hydrogen-bond acceptors (Lipinski definition) is 2. The minimum atomic E-state index is -0.539. The molecule has 168 valence electrons. The maximum Gasteiger partial charge on any atom is 0.254 e. The number of amides is 2. The van der Waals surface area contributed by atoms with E-state index in [2.05, 4.69) is 5.32 Å². The molecule has 0 aliphatic carbocycles. The molecule has 2 aliphatic heterocycles. The highest BCUT2D eigenvalue weighted by Gasteiger charge is 2.50. The summed E-state index contributed by atoms with van der Waals surface area (Å²) in [7, 11) is 0. The summed E-state index contributed by atoms with van der Waals surface area (Å²) in [6.07, 6.45) is 3.06. The van der Waals surface area contributed by atoms with E-state index in [9.17, 15) is 14.0 Å². The zero-order chi connectivity index (χ0) is 22.8. The average molecular weight is 443 g/mol. The Labute approximate surface area is 193 Å². The first-order chi connectivity index (χ1) is 16.1. The number of nitrogens with one attached hydrogen (secondary N) is 1. The lowest BCUT2D eigenvalue weighted by Crippen LogP contribution is -2.52. The molecular formula is C28H27FN2O2. The van der Waals surface area contributed by atoms with Crippen LogP contribution in [-0.4, -0.2) is 35.3 Å². The molecule has 3 aromatic carbocycles. The summed E-state index contributed by atoms with van der Waals surface area (Å²) in [5, 5.41) is 3.27. The zero-order valence-corrected chi connectivity index (χ0v) is 18.5. The lowest BCUT2D eigenvalue weighted by molar-refractivity contribution is -0.122. The van der Waals surface area contributed by atoms with Crippen LogP contribution in [0.2, 0.25) is 0 Å². The van der Waals surface area contributed by atoms with Crippen molar-refractivity contribution in [3.05, 3.63) is 95.8 Å². The number of carbonyl (C=O) groups excluding carboxylic acids is 2. The largest absolute Gasteiger partial charge is 0.348 e. The molecule has 33 heavy (non-hydrogen) atoms. The van der Waals surface area contributed by atoms with Crippen LogP contribution in [0.3, 0.4) is 0 Å². The number of likely N-dealkylation sites (tertiary alicyclic amines) is 1. The van der Waals surface area contributed by atoms with Crippen molar-refractivity contribution in [2.75, 3.05) is 13.1 Å². The van der Waals surface area contributed by atoms with Gasteiger partial charge in [-0.05, 0) is 47.7 Å². The molecule has 0 saturated carbocycles. The van der Waals surface area contributed by atoms with E-state index in [1.807, 2.05) is 59.5 Å². The van der Waals surface area contributed by atoms with E-state index in [0.29, 0.717) is 25.1 Å². The monoisotopic (exact) mass is 442 g/mol. The molecule has 5 heteroatoms. The van der Waals surface area contributed by atoms with Gasteiger partial charge in [-0.3, -0.25) is 9.59 Å². The van der Waals surface area contributed by atoms with Crippen LogP contribution in [0.5, 0.6) is 0 Å². The van der Waals surface area contributed by atoms with E-state index >= 15 is 0 Å². The number of carbonyl (C=O) groups is 2. The summed E-state index contributed by atoms with van der Waals surface area (Å²) in [5.74, 6) is -0.399. The summed E-state index contributed by atoms with van der Waals surface area (Å²) in [5.41, 5.74) is 2.95. The van der Waals surface area contributed by atoms with E-state index in [1.54, 1.807) is 12.1 Å². The molecule has 2 fully saturated rings. The van der Waals surface area contributed by atoms with Crippen LogP contribution in [0.25, 0.3) is 11.1 Å². The number of hydrogen-bond donors (Lipinski definition) is 1. The maximum atomic E-state index is 13.8. The van der Waals surface area contributed by atoms with Crippen LogP contribution in [0.15, 0.2) is 78.9 Å².